The van der Waals surface area contributed by atoms with E-state index in [1.807, 2.05) is 18.2 Å². The maximum atomic E-state index is 9.61. The van der Waals surface area contributed by atoms with Crippen LogP contribution in [0.25, 0.3) is 60.7 Å². The van der Waals surface area contributed by atoms with Crippen molar-refractivity contribution >= 4 is 50.6 Å². The maximum Gasteiger partial charge on any atom is 0.190 e. The molecule has 6 nitrogen and oxygen atoms in total. The Kier molecular flexibility index (Phi) is 4.63. The summed E-state index contributed by atoms with van der Waals surface area (Å²) in [5.41, 5.74) is 7.45. The zero-order valence-corrected chi connectivity index (χ0v) is 19.7. The van der Waals surface area contributed by atoms with Crippen LogP contribution >= 0.6 is 0 Å². The maximum absolute atomic E-state index is 9.61. The standard InChI is InChI=1S/C31H19N5O/c1-33-18-29-34-25(17-32)31-30(35-29)24-16-20(12-14-28(24)37-31)19-11-13-27-23(15-19)22-9-5-6-10-26(22)36(27)21-7-3-2-4-8-21/h2-16H,1,18H2. The third-order valence-corrected chi connectivity index (χ3v) is 6.74. The Hall–Kier alpha value is -5.28. The normalized spacial score (nSPS) is 11.4. The Morgan fingerprint density at radius 1 is 0.811 bits per heavy atom. The minimum Gasteiger partial charge on any atom is -0.451 e. The summed E-state index contributed by atoms with van der Waals surface area (Å²) in [7, 11) is 0. The molecule has 0 aliphatic rings. The van der Waals surface area contributed by atoms with E-state index in [-0.39, 0.29) is 12.2 Å². The first-order chi connectivity index (χ1) is 18.2. The summed E-state index contributed by atoms with van der Waals surface area (Å²) in [4.78, 5) is 12.8. The summed E-state index contributed by atoms with van der Waals surface area (Å²) in [6.45, 7) is 3.76. The molecule has 7 rings (SSSR count). The first-order valence-corrected chi connectivity index (χ1v) is 11.9. The molecule has 0 amide bonds. The number of fused-ring (bicyclic) bond motifs is 6. The Balaban J connectivity index is 1.45. The number of hydrogen-bond donors (Lipinski definition) is 0. The quantitative estimate of drug-likeness (QED) is 0.251. The van der Waals surface area contributed by atoms with Crippen LogP contribution in [0.15, 0.2) is 100 Å². The van der Waals surface area contributed by atoms with Gasteiger partial charge in [-0.2, -0.15) is 5.26 Å². The number of furan rings is 1. The molecule has 0 saturated heterocycles. The molecular weight excluding hydrogens is 458 g/mol. The molecule has 0 radical (unpaired) electrons. The topological polar surface area (TPSA) is 80.0 Å². The molecule has 0 spiro atoms. The summed E-state index contributed by atoms with van der Waals surface area (Å²) >= 11 is 0. The van der Waals surface area contributed by atoms with Crippen molar-refractivity contribution in [1.82, 2.24) is 14.5 Å². The number of aliphatic imine (C=N–C) groups is 1. The molecule has 0 N–H and O–H groups in total. The largest absolute Gasteiger partial charge is 0.451 e. The molecule has 0 aliphatic heterocycles. The highest BCUT2D eigenvalue weighted by atomic mass is 16.3. The SMILES string of the molecule is C=NCc1nc(C#N)c2oc3ccc(-c4ccc5c(c4)c4ccccc4n5-c4ccccc4)cc3c2n1. The first kappa shape index (κ1) is 21.0. The molecular formula is C31H19N5O. The summed E-state index contributed by atoms with van der Waals surface area (Å²) in [6.07, 6.45) is 0. The van der Waals surface area contributed by atoms with E-state index in [0.717, 1.165) is 27.7 Å². The third-order valence-electron chi connectivity index (χ3n) is 6.74. The Labute approximate surface area is 211 Å². The second-order valence-corrected chi connectivity index (χ2v) is 8.89. The van der Waals surface area contributed by atoms with E-state index in [4.69, 9.17) is 4.42 Å². The lowest BCUT2D eigenvalue weighted by molar-refractivity contribution is 0.662. The summed E-state index contributed by atoms with van der Waals surface area (Å²) in [5.74, 6) is 0.447. The van der Waals surface area contributed by atoms with E-state index in [2.05, 4.69) is 105 Å². The Bertz CT molecular complexity index is 2040. The van der Waals surface area contributed by atoms with Crippen molar-refractivity contribution in [2.24, 2.45) is 4.99 Å². The molecule has 0 atom stereocenters. The van der Waals surface area contributed by atoms with Crippen LogP contribution in [0.1, 0.15) is 11.5 Å². The van der Waals surface area contributed by atoms with Gasteiger partial charge in [0.15, 0.2) is 17.1 Å². The van der Waals surface area contributed by atoms with E-state index in [0.29, 0.717) is 22.5 Å². The number of nitriles is 1. The van der Waals surface area contributed by atoms with E-state index in [1.165, 1.54) is 16.3 Å². The van der Waals surface area contributed by atoms with Gasteiger partial charge in [0, 0.05) is 21.8 Å². The molecule has 0 unspecified atom stereocenters. The van der Waals surface area contributed by atoms with Gasteiger partial charge in [0.2, 0.25) is 0 Å². The van der Waals surface area contributed by atoms with Crippen LogP contribution in [0.4, 0.5) is 0 Å². The fourth-order valence-electron chi connectivity index (χ4n) is 5.12. The van der Waals surface area contributed by atoms with Gasteiger partial charge in [-0.3, -0.25) is 4.99 Å². The molecule has 0 fully saturated rings. The number of rotatable bonds is 4. The predicted octanol–water partition coefficient (Wildman–Crippen LogP) is 7.21. The van der Waals surface area contributed by atoms with Crippen molar-refractivity contribution < 1.29 is 4.42 Å². The van der Waals surface area contributed by atoms with Gasteiger partial charge in [-0.1, -0.05) is 48.5 Å². The van der Waals surface area contributed by atoms with Gasteiger partial charge < -0.3 is 8.98 Å². The van der Waals surface area contributed by atoms with Gasteiger partial charge in [-0.05, 0) is 60.3 Å². The highest BCUT2D eigenvalue weighted by Gasteiger charge is 2.17. The molecule has 0 bridgehead atoms. The van der Waals surface area contributed by atoms with Crippen LogP contribution in [-0.2, 0) is 6.54 Å². The second-order valence-electron chi connectivity index (χ2n) is 8.89. The van der Waals surface area contributed by atoms with E-state index < -0.39 is 0 Å². The lowest BCUT2D eigenvalue weighted by atomic mass is 10.0. The number of aromatic nitrogens is 3. The molecule has 6 heteroatoms. The van der Waals surface area contributed by atoms with E-state index >= 15 is 0 Å². The van der Waals surface area contributed by atoms with Gasteiger partial charge >= 0.3 is 0 Å². The van der Waals surface area contributed by atoms with Gasteiger partial charge in [0.25, 0.3) is 0 Å². The summed E-state index contributed by atoms with van der Waals surface area (Å²) in [6, 6.07) is 33.6. The lowest BCUT2D eigenvalue weighted by Gasteiger charge is -2.08. The van der Waals surface area contributed by atoms with Gasteiger partial charge in [-0.25, -0.2) is 9.97 Å². The molecule has 0 saturated carbocycles. The minimum atomic E-state index is 0.205. The monoisotopic (exact) mass is 477 g/mol. The van der Waals surface area contributed by atoms with Crippen LogP contribution in [0.3, 0.4) is 0 Å². The van der Waals surface area contributed by atoms with Crippen LogP contribution < -0.4 is 0 Å². The predicted molar refractivity (Wildman–Crippen MR) is 147 cm³/mol. The molecule has 174 valence electrons. The van der Waals surface area contributed by atoms with Crippen molar-refractivity contribution in [2.75, 3.05) is 0 Å². The van der Waals surface area contributed by atoms with Crippen molar-refractivity contribution in [2.45, 2.75) is 6.54 Å². The number of para-hydroxylation sites is 2. The van der Waals surface area contributed by atoms with Crippen molar-refractivity contribution in [3.8, 4) is 22.9 Å². The minimum absolute atomic E-state index is 0.205. The zero-order valence-electron chi connectivity index (χ0n) is 19.7. The highest BCUT2D eigenvalue weighted by molar-refractivity contribution is 6.11. The van der Waals surface area contributed by atoms with Crippen molar-refractivity contribution in [3.63, 3.8) is 0 Å². The second kappa shape index (κ2) is 8.14. The average Bonchev–Trinajstić information content (AvgIpc) is 3.48. The van der Waals surface area contributed by atoms with E-state index in [1.54, 1.807) is 0 Å². The van der Waals surface area contributed by atoms with Crippen LogP contribution in [0.5, 0.6) is 0 Å². The van der Waals surface area contributed by atoms with Gasteiger partial charge in [0.1, 0.15) is 17.2 Å². The van der Waals surface area contributed by atoms with Gasteiger partial charge in [0.05, 0.1) is 17.6 Å². The lowest BCUT2D eigenvalue weighted by Crippen LogP contribution is -1.96. The summed E-state index contributed by atoms with van der Waals surface area (Å²) in [5, 5.41) is 12.8. The Morgan fingerprint density at radius 2 is 1.54 bits per heavy atom. The number of hydrogen-bond acceptors (Lipinski definition) is 5. The van der Waals surface area contributed by atoms with E-state index in [9.17, 15) is 5.26 Å². The van der Waals surface area contributed by atoms with Crippen LogP contribution in [0.2, 0.25) is 0 Å². The van der Waals surface area contributed by atoms with Crippen LogP contribution in [-0.4, -0.2) is 21.3 Å². The molecule has 4 aromatic carbocycles. The fraction of sp³-hybridized carbons (Fsp3) is 0.0323. The van der Waals surface area contributed by atoms with Crippen molar-refractivity contribution in [3.05, 3.63) is 103 Å². The number of nitrogens with zero attached hydrogens (tertiary/aromatic N) is 5. The molecule has 37 heavy (non-hydrogen) atoms. The van der Waals surface area contributed by atoms with Crippen molar-refractivity contribution in [1.29, 1.82) is 5.26 Å². The smallest absolute Gasteiger partial charge is 0.190 e. The fourth-order valence-corrected chi connectivity index (χ4v) is 5.12. The summed E-state index contributed by atoms with van der Waals surface area (Å²) < 4.78 is 8.28. The average molecular weight is 478 g/mol. The molecule has 3 aromatic heterocycles. The van der Waals surface area contributed by atoms with Crippen LogP contribution in [0, 0.1) is 11.3 Å². The molecule has 7 aromatic rings. The Morgan fingerprint density at radius 3 is 2.35 bits per heavy atom. The molecule has 0 aliphatic carbocycles. The van der Waals surface area contributed by atoms with Gasteiger partial charge in [-0.15, -0.1) is 0 Å². The zero-order chi connectivity index (χ0) is 24.9. The third kappa shape index (κ3) is 3.22. The highest BCUT2D eigenvalue weighted by Crippen LogP contribution is 2.37. The molecule has 3 heterocycles. The number of benzene rings is 4. The first-order valence-electron chi connectivity index (χ1n) is 11.9.